The Hall–Kier alpha value is -2.35. The summed E-state index contributed by atoms with van der Waals surface area (Å²) in [7, 11) is 0. The number of hydrogen-bond acceptors (Lipinski definition) is 5. The summed E-state index contributed by atoms with van der Waals surface area (Å²) in [5.74, 6) is 1.21. The molecule has 2 heterocycles. The van der Waals surface area contributed by atoms with Crippen LogP contribution in [0.1, 0.15) is 35.2 Å². The molecular weight excluding hydrogens is 355 g/mol. The number of benzene rings is 1. The number of alkyl halides is 3. The van der Waals surface area contributed by atoms with E-state index in [1.165, 1.54) is 13.0 Å². The van der Waals surface area contributed by atoms with Gasteiger partial charge in [0.15, 0.2) is 0 Å². The number of hydrogen-bond donors (Lipinski definition) is 2. The van der Waals surface area contributed by atoms with Gasteiger partial charge in [0.2, 0.25) is 5.95 Å². The fraction of sp³-hybridized carbons (Fsp3) is 0.474. The van der Waals surface area contributed by atoms with E-state index < -0.39 is 11.7 Å². The van der Waals surface area contributed by atoms with Crippen LogP contribution in [0, 0.1) is 6.92 Å². The summed E-state index contributed by atoms with van der Waals surface area (Å²) in [6, 6.07) is 4.31. The third-order valence-electron chi connectivity index (χ3n) is 5.23. The SMILES string of the molecule is Cc1ccc(Nc2nc3c(c(N4CC[C@H](N)C4)n2)CCC3)cc1C(F)(F)F. The van der Waals surface area contributed by atoms with Gasteiger partial charge in [-0.05, 0) is 50.3 Å². The quantitative estimate of drug-likeness (QED) is 0.856. The van der Waals surface area contributed by atoms with Gasteiger partial charge in [-0.3, -0.25) is 0 Å². The van der Waals surface area contributed by atoms with E-state index in [9.17, 15) is 13.2 Å². The Bertz CT molecular complexity index is 865. The second-order valence-corrected chi connectivity index (χ2v) is 7.30. The first-order valence-corrected chi connectivity index (χ1v) is 9.16. The highest BCUT2D eigenvalue weighted by Gasteiger charge is 2.33. The number of aromatic nitrogens is 2. The minimum atomic E-state index is -4.39. The Morgan fingerprint density at radius 2 is 2.04 bits per heavy atom. The molecule has 1 saturated heterocycles. The molecule has 5 nitrogen and oxygen atoms in total. The van der Waals surface area contributed by atoms with Gasteiger partial charge >= 0.3 is 6.18 Å². The monoisotopic (exact) mass is 377 g/mol. The van der Waals surface area contributed by atoms with Gasteiger partial charge in [0.25, 0.3) is 0 Å². The van der Waals surface area contributed by atoms with Crippen molar-refractivity contribution in [3.8, 4) is 0 Å². The molecule has 0 radical (unpaired) electrons. The molecule has 2 aliphatic rings. The summed E-state index contributed by atoms with van der Waals surface area (Å²) < 4.78 is 39.5. The van der Waals surface area contributed by atoms with Crippen LogP contribution in [0.5, 0.6) is 0 Å². The minimum absolute atomic E-state index is 0.125. The number of nitrogens with zero attached hydrogens (tertiary/aromatic N) is 3. The highest BCUT2D eigenvalue weighted by atomic mass is 19.4. The number of anilines is 3. The van der Waals surface area contributed by atoms with E-state index in [0.29, 0.717) is 11.6 Å². The zero-order valence-electron chi connectivity index (χ0n) is 15.1. The van der Waals surface area contributed by atoms with Gasteiger partial charge in [-0.1, -0.05) is 6.07 Å². The maximum atomic E-state index is 13.2. The second-order valence-electron chi connectivity index (χ2n) is 7.30. The first-order valence-electron chi connectivity index (χ1n) is 9.16. The van der Waals surface area contributed by atoms with Crippen LogP contribution < -0.4 is 16.0 Å². The zero-order valence-corrected chi connectivity index (χ0v) is 15.1. The van der Waals surface area contributed by atoms with Crippen LogP contribution >= 0.6 is 0 Å². The van der Waals surface area contributed by atoms with E-state index in [1.807, 2.05) is 0 Å². The van der Waals surface area contributed by atoms with Gasteiger partial charge in [-0.25, -0.2) is 4.98 Å². The lowest BCUT2D eigenvalue weighted by atomic mass is 10.1. The second kappa shape index (κ2) is 6.67. The summed E-state index contributed by atoms with van der Waals surface area (Å²) in [6.45, 7) is 3.03. The van der Waals surface area contributed by atoms with Crippen molar-refractivity contribution in [3.63, 3.8) is 0 Å². The minimum Gasteiger partial charge on any atom is -0.355 e. The summed E-state index contributed by atoms with van der Waals surface area (Å²) in [5, 5.41) is 2.97. The van der Waals surface area contributed by atoms with Crippen LogP contribution in [-0.4, -0.2) is 29.1 Å². The van der Waals surface area contributed by atoms with Crippen molar-refractivity contribution in [1.82, 2.24) is 9.97 Å². The Kier molecular flexibility index (Phi) is 4.46. The van der Waals surface area contributed by atoms with Gasteiger partial charge in [-0.15, -0.1) is 0 Å². The lowest BCUT2D eigenvalue weighted by Gasteiger charge is -2.21. The van der Waals surface area contributed by atoms with E-state index in [-0.39, 0.29) is 11.6 Å². The first-order chi connectivity index (χ1) is 12.8. The van der Waals surface area contributed by atoms with Gasteiger partial charge in [0.05, 0.1) is 11.3 Å². The highest BCUT2D eigenvalue weighted by Crippen LogP contribution is 2.35. The Morgan fingerprint density at radius 3 is 2.74 bits per heavy atom. The van der Waals surface area contributed by atoms with Crippen molar-refractivity contribution >= 4 is 17.5 Å². The third kappa shape index (κ3) is 3.58. The van der Waals surface area contributed by atoms with Crippen molar-refractivity contribution in [2.75, 3.05) is 23.3 Å². The maximum absolute atomic E-state index is 13.2. The summed E-state index contributed by atoms with van der Waals surface area (Å²) >= 11 is 0. The third-order valence-corrected chi connectivity index (χ3v) is 5.23. The molecule has 1 aromatic carbocycles. The molecule has 1 atom stereocenters. The summed E-state index contributed by atoms with van der Waals surface area (Å²) in [6.07, 6.45) is -0.671. The molecule has 1 aliphatic carbocycles. The largest absolute Gasteiger partial charge is 0.416 e. The molecule has 0 bridgehead atoms. The van der Waals surface area contributed by atoms with Gasteiger partial charge in [-0.2, -0.15) is 18.2 Å². The Balaban J connectivity index is 1.67. The smallest absolute Gasteiger partial charge is 0.355 e. The fourth-order valence-corrected chi connectivity index (χ4v) is 3.84. The molecule has 27 heavy (non-hydrogen) atoms. The molecule has 144 valence electrons. The van der Waals surface area contributed by atoms with E-state index in [1.54, 1.807) is 6.07 Å². The molecule has 3 N–H and O–H groups in total. The molecule has 0 amide bonds. The van der Waals surface area contributed by atoms with E-state index in [2.05, 4.69) is 20.2 Å². The van der Waals surface area contributed by atoms with E-state index in [4.69, 9.17) is 5.73 Å². The van der Waals surface area contributed by atoms with Crippen LogP contribution in [0.25, 0.3) is 0 Å². The number of nitrogens with one attached hydrogen (secondary N) is 1. The predicted molar refractivity (Wildman–Crippen MR) is 98.3 cm³/mol. The molecule has 1 aliphatic heterocycles. The van der Waals surface area contributed by atoms with Crippen molar-refractivity contribution in [2.45, 2.75) is 44.8 Å². The average molecular weight is 377 g/mol. The van der Waals surface area contributed by atoms with Crippen LogP contribution in [0.15, 0.2) is 18.2 Å². The molecule has 0 spiro atoms. The van der Waals surface area contributed by atoms with Crippen molar-refractivity contribution in [2.24, 2.45) is 5.73 Å². The summed E-state index contributed by atoms with van der Waals surface area (Å²) in [5.41, 5.74) is 8.02. The van der Waals surface area contributed by atoms with Crippen molar-refractivity contribution in [1.29, 1.82) is 0 Å². The first kappa shape index (κ1) is 18.0. The van der Waals surface area contributed by atoms with Gasteiger partial charge < -0.3 is 16.0 Å². The number of rotatable bonds is 3. The molecule has 4 rings (SSSR count). The van der Waals surface area contributed by atoms with Gasteiger partial charge in [0.1, 0.15) is 5.82 Å². The fourth-order valence-electron chi connectivity index (χ4n) is 3.84. The molecule has 1 aromatic heterocycles. The highest BCUT2D eigenvalue weighted by molar-refractivity contribution is 5.61. The van der Waals surface area contributed by atoms with Crippen molar-refractivity contribution < 1.29 is 13.2 Å². The lowest BCUT2D eigenvalue weighted by Crippen LogP contribution is -2.28. The number of halogens is 3. The lowest BCUT2D eigenvalue weighted by molar-refractivity contribution is -0.138. The van der Waals surface area contributed by atoms with Crippen LogP contribution in [0.4, 0.5) is 30.6 Å². The average Bonchev–Trinajstić information content (AvgIpc) is 3.23. The van der Waals surface area contributed by atoms with E-state index >= 15 is 0 Å². The topological polar surface area (TPSA) is 67.1 Å². The summed E-state index contributed by atoms with van der Waals surface area (Å²) in [4.78, 5) is 11.4. The molecule has 1 fully saturated rings. The van der Waals surface area contributed by atoms with Crippen LogP contribution in [0.3, 0.4) is 0 Å². The van der Waals surface area contributed by atoms with Crippen LogP contribution in [-0.2, 0) is 19.0 Å². The Morgan fingerprint density at radius 1 is 1.22 bits per heavy atom. The normalized spacial score (nSPS) is 19.4. The number of nitrogens with two attached hydrogens (primary N) is 1. The predicted octanol–water partition coefficient (Wildman–Crippen LogP) is 3.57. The molecule has 8 heteroatoms. The van der Waals surface area contributed by atoms with Gasteiger partial charge in [0, 0.05) is 30.4 Å². The molecular formula is C19H22F3N5. The number of aryl methyl sites for hydroxylation is 2. The maximum Gasteiger partial charge on any atom is 0.416 e. The molecule has 0 unspecified atom stereocenters. The molecule has 2 aromatic rings. The zero-order chi connectivity index (χ0) is 19.2. The number of fused-ring (bicyclic) bond motifs is 1. The Labute approximate surface area is 155 Å². The van der Waals surface area contributed by atoms with Crippen LogP contribution in [0.2, 0.25) is 0 Å². The molecule has 0 saturated carbocycles. The van der Waals surface area contributed by atoms with Crippen molar-refractivity contribution in [3.05, 3.63) is 40.6 Å². The standard InChI is InChI=1S/C19H22F3N5/c1-11-5-6-13(9-15(11)19(20,21)22)24-18-25-16-4-2-3-14(16)17(26-18)27-8-7-12(23)10-27/h5-6,9,12H,2-4,7-8,10,23H2,1H3,(H,24,25,26)/t12-/m0/s1. The van der Waals surface area contributed by atoms with E-state index in [0.717, 1.165) is 61.9 Å².